The Labute approximate surface area is 179 Å². The molecule has 2 aromatic rings. The van der Waals surface area contributed by atoms with Crippen molar-refractivity contribution < 1.29 is 23.8 Å². The molecular weight excluding hydrogens is 409 g/mol. The molecule has 1 aliphatic rings. The van der Waals surface area contributed by atoms with Crippen molar-refractivity contribution in [2.45, 2.75) is 32.2 Å². The van der Waals surface area contributed by atoms with Crippen LogP contribution in [0.25, 0.3) is 5.76 Å². The lowest BCUT2D eigenvalue weighted by molar-refractivity contribution is -0.139. The summed E-state index contributed by atoms with van der Waals surface area (Å²) < 4.78 is 19.9. The highest BCUT2D eigenvalue weighted by Gasteiger charge is 2.46. The summed E-state index contributed by atoms with van der Waals surface area (Å²) in [6.07, 6.45) is 2.44. The van der Waals surface area contributed by atoms with E-state index in [2.05, 4.69) is 0 Å². The molecule has 1 saturated heterocycles. The summed E-state index contributed by atoms with van der Waals surface area (Å²) in [5, 5.41) is 11.2. The first-order chi connectivity index (χ1) is 14.4. The third kappa shape index (κ3) is 4.05. The molecule has 1 amide bonds. The zero-order valence-corrected chi connectivity index (χ0v) is 17.6. The Balaban J connectivity index is 2.19. The molecule has 1 atom stereocenters. The first-order valence-electron chi connectivity index (χ1n) is 9.77. The lowest BCUT2D eigenvalue weighted by Gasteiger charge is -2.25. The Morgan fingerprint density at radius 2 is 1.93 bits per heavy atom. The van der Waals surface area contributed by atoms with E-state index >= 15 is 0 Å². The topological polar surface area (TPSA) is 66.8 Å². The van der Waals surface area contributed by atoms with Crippen LogP contribution in [-0.4, -0.2) is 35.4 Å². The monoisotopic (exact) mass is 431 g/mol. The third-order valence-electron chi connectivity index (χ3n) is 5.17. The van der Waals surface area contributed by atoms with Crippen molar-refractivity contribution in [1.82, 2.24) is 4.90 Å². The van der Waals surface area contributed by atoms with Gasteiger partial charge in [-0.15, -0.1) is 0 Å². The molecule has 0 radical (unpaired) electrons. The number of Topliss-reactive ketones (excluding diaryl/α,β-unsaturated/α-hetero) is 1. The van der Waals surface area contributed by atoms with Gasteiger partial charge in [-0.2, -0.15) is 0 Å². The van der Waals surface area contributed by atoms with Gasteiger partial charge in [0.05, 0.1) is 23.7 Å². The number of unbranched alkanes of at least 4 members (excludes halogenated alkanes) is 2. The molecule has 30 heavy (non-hydrogen) atoms. The van der Waals surface area contributed by atoms with Gasteiger partial charge in [0.1, 0.15) is 17.3 Å². The van der Waals surface area contributed by atoms with Crippen LogP contribution < -0.4 is 4.74 Å². The molecule has 0 aliphatic carbocycles. The van der Waals surface area contributed by atoms with Crippen LogP contribution in [0.5, 0.6) is 5.75 Å². The van der Waals surface area contributed by atoms with E-state index < -0.39 is 29.3 Å². The fraction of sp³-hybridized carbons (Fsp3) is 0.304. The van der Waals surface area contributed by atoms with Crippen LogP contribution >= 0.6 is 11.6 Å². The van der Waals surface area contributed by atoms with Crippen LogP contribution in [0.15, 0.2) is 48.0 Å². The SMILES string of the molecule is CCCCCN1C(=O)C(=O)/C(=C(/O)c2cc(OC)ccc2Cl)C1c1ccccc1F. The largest absolute Gasteiger partial charge is 0.507 e. The molecule has 1 unspecified atom stereocenters. The minimum absolute atomic E-state index is 0.143. The molecule has 1 fully saturated rings. The molecule has 1 heterocycles. The summed E-state index contributed by atoms with van der Waals surface area (Å²) in [5.41, 5.74) is 0.106. The zero-order valence-electron chi connectivity index (χ0n) is 16.8. The Morgan fingerprint density at radius 3 is 2.60 bits per heavy atom. The first kappa shape index (κ1) is 21.8. The molecule has 1 N–H and O–H groups in total. The highest BCUT2D eigenvalue weighted by Crippen LogP contribution is 2.41. The maximum atomic E-state index is 14.7. The summed E-state index contributed by atoms with van der Waals surface area (Å²) in [7, 11) is 1.46. The highest BCUT2D eigenvalue weighted by atomic mass is 35.5. The van der Waals surface area contributed by atoms with Gasteiger partial charge in [0, 0.05) is 17.7 Å². The molecule has 158 valence electrons. The van der Waals surface area contributed by atoms with Gasteiger partial charge < -0.3 is 14.7 Å². The van der Waals surface area contributed by atoms with Gasteiger partial charge in [-0.1, -0.05) is 49.6 Å². The van der Waals surface area contributed by atoms with Gasteiger partial charge in [0.25, 0.3) is 11.7 Å². The lowest BCUT2D eigenvalue weighted by atomic mass is 9.94. The number of carbonyl (C=O) groups excluding carboxylic acids is 2. The van der Waals surface area contributed by atoms with Gasteiger partial charge in [0.2, 0.25) is 0 Å². The number of nitrogens with zero attached hydrogens (tertiary/aromatic N) is 1. The number of methoxy groups -OCH3 is 1. The van der Waals surface area contributed by atoms with Crippen molar-refractivity contribution in [3.05, 3.63) is 70.0 Å². The van der Waals surface area contributed by atoms with E-state index in [1.54, 1.807) is 12.1 Å². The van der Waals surface area contributed by atoms with E-state index in [1.165, 1.54) is 42.3 Å². The van der Waals surface area contributed by atoms with Crippen molar-refractivity contribution in [2.24, 2.45) is 0 Å². The van der Waals surface area contributed by atoms with Crippen LogP contribution in [0.1, 0.15) is 43.4 Å². The van der Waals surface area contributed by atoms with Crippen LogP contribution in [-0.2, 0) is 9.59 Å². The predicted octanol–water partition coefficient (Wildman–Crippen LogP) is 5.10. The molecule has 2 aromatic carbocycles. The normalized spacial score (nSPS) is 18.1. The maximum Gasteiger partial charge on any atom is 0.295 e. The first-order valence-corrected chi connectivity index (χ1v) is 10.1. The minimum Gasteiger partial charge on any atom is -0.507 e. The molecular formula is C23H23ClFNO4. The standard InChI is InChI=1S/C23H23ClFNO4/c1-3-4-7-12-26-20(15-8-5-6-9-18(15)25)19(22(28)23(26)29)21(27)16-13-14(30-2)10-11-17(16)24/h5-6,8-11,13,20,27H,3-4,7,12H2,1-2H3/b21-19+. The number of hydrogen-bond acceptors (Lipinski definition) is 4. The summed E-state index contributed by atoms with van der Waals surface area (Å²) in [6, 6.07) is 9.50. The van der Waals surface area contributed by atoms with Crippen molar-refractivity contribution in [3.63, 3.8) is 0 Å². The number of aliphatic hydroxyl groups is 1. The maximum absolute atomic E-state index is 14.7. The average molecular weight is 432 g/mol. The van der Waals surface area contributed by atoms with Gasteiger partial charge >= 0.3 is 0 Å². The molecule has 5 nitrogen and oxygen atoms in total. The smallest absolute Gasteiger partial charge is 0.295 e. The number of hydrogen-bond donors (Lipinski definition) is 1. The van der Waals surface area contributed by atoms with Gasteiger partial charge in [-0.25, -0.2) is 4.39 Å². The second-order valence-corrected chi connectivity index (χ2v) is 7.47. The third-order valence-corrected chi connectivity index (χ3v) is 5.50. The number of halogens is 2. The number of carbonyl (C=O) groups is 2. The number of likely N-dealkylation sites (tertiary alicyclic amines) is 1. The van der Waals surface area contributed by atoms with E-state index in [0.29, 0.717) is 12.2 Å². The fourth-order valence-electron chi connectivity index (χ4n) is 3.62. The number of benzene rings is 2. The Kier molecular flexibility index (Phi) is 6.77. The second kappa shape index (κ2) is 9.30. The molecule has 3 rings (SSSR count). The summed E-state index contributed by atoms with van der Waals surface area (Å²) in [5.74, 6) is -2.23. The quantitative estimate of drug-likeness (QED) is 0.286. The van der Waals surface area contributed by atoms with Gasteiger partial charge in [-0.3, -0.25) is 9.59 Å². The van der Waals surface area contributed by atoms with E-state index in [9.17, 15) is 19.1 Å². The van der Waals surface area contributed by atoms with E-state index in [0.717, 1.165) is 12.8 Å². The number of ketones is 1. The average Bonchev–Trinajstić information content (AvgIpc) is 2.99. The van der Waals surface area contributed by atoms with E-state index in [4.69, 9.17) is 16.3 Å². The van der Waals surface area contributed by atoms with Crippen molar-refractivity contribution >= 4 is 29.1 Å². The predicted molar refractivity (Wildman–Crippen MR) is 113 cm³/mol. The Hall–Kier alpha value is -2.86. The van der Waals surface area contributed by atoms with Crippen molar-refractivity contribution in [2.75, 3.05) is 13.7 Å². The molecule has 0 aromatic heterocycles. The number of rotatable bonds is 7. The minimum atomic E-state index is -1.04. The second-order valence-electron chi connectivity index (χ2n) is 7.07. The van der Waals surface area contributed by atoms with Crippen LogP contribution in [0.2, 0.25) is 5.02 Å². The summed E-state index contributed by atoms with van der Waals surface area (Å²) in [4.78, 5) is 27.0. The van der Waals surface area contributed by atoms with E-state index in [-0.39, 0.29) is 28.3 Å². The number of ether oxygens (including phenoxy) is 1. The Morgan fingerprint density at radius 1 is 1.20 bits per heavy atom. The fourth-order valence-corrected chi connectivity index (χ4v) is 3.83. The number of aliphatic hydroxyl groups excluding tert-OH is 1. The van der Waals surface area contributed by atoms with Crippen molar-refractivity contribution in [3.8, 4) is 5.75 Å². The molecule has 0 spiro atoms. The van der Waals surface area contributed by atoms with E-state index in [1.807, 2.05) is 6.92 Å². The summed E-state index contributed by atoms with van der Waals surface area (Å²) in [6.45, 7) is 2.30. The molecule has 0 bridgehead atoms. The van der Waals surface area contributed by atoms with Crippen LogP contribution in [0.4, 0.5) is 4.39 Å². The lowest BCUT2D eigenvalue weighted by Crippen LogP contribution is -2.31. The summed E-state index contributed by atoms with van der Waals surface area (Å²) >= 11 is 6.24. The molecule has 0 saturated carbocycles. The van der Waals surface area contributed by atoms with Gasteiger partial charge in [-0.05, 0) is 30.7 Å². The number of amides is 1. The zero-order chi connectivity index (χ0) is 21.8. The van der Waals surface area contributed by atoms with Crippen molar-refractivity contribution in [1.29, 1.82) is 0 Å². The molecule has 1 aliphatic heterocycles. The highest BCUT2D eigenvalue weighted by molar-refractivity contribution is 6.47. The van der Waals surface area contributed by atoms with Crippen LogP contribution in [0, 0.1) is 5.82 Å². The molecule has 7 heteroatoms. The van der Waals surface area contributed by atoms with Gasteiger partial charge in [0.15, 0.2) is 0 Å². The van der Waals surface area contributed by atoms with Crippen LogP contribution in [0.3, 0.4) is 0 Å². The Bertz CT molecular complexity index is 1000.